The molecule has 0 saturated carbocycles. The van der Waals surface area contributed by atoms with E-state index in [1.165, 1.54) is 25.3 Å². The summed E-state index contributed by atoms with van der Waals surface area (Å²) in [5.74, 6) is -0.409. The molecule has 1 aromatic rings. The highest BCUT2D eigenvalue weighted by Gasteiger charge is 2.19. The zero-order valence-corrected chi connectivity index (χ0v) is 10.7. The Bertz CT molecular complexity index is 542. The summed E-state index contributed by atoms with van der Waals surface area (Å²) < 4.78 is 31.1. The first-order valence-electron chi connectivity index (χ1n) is 5.08. The summed E-state index contributed by atoms with van der Waals surface area (Å²) in [5, 5.41) is 0. The van der Waals surface area contributed by atoms with E-state index in [0.717, 1.165) is 0 Å². The molecular weight excluding hydrogens is 258 g/mol. The maximum atomic E-state index is 11.9. The molecule has 0 aliphatic rings. The van der Waals surface area contributed by atoms with Gasteiger partial charge in [0, 0.05) is 18.7 Å². The lowest BCUT2D eigenvalue weighted by atomic mass is 10.3. The number of nitrogens with two attached hydrogens (primary N) is 2. The summed E-state index contributed by atoms with van der Waals surface area (Å²) in [6.07, 6.45) is -0.0795. The van der Waals surface area contributed by atoms with Gasteiger partial charge in [-0.25, -0.2) is 13.1 Å². The van der Waals surface area contributed by atoms with Crippen molar-refractivity contribution in [2.75, 3.05) is 19.4 Å². The molecule has 0 bridgehead atoms. The maximum Gasteiger partial charge on any atom is 0.244 e. The molecule has 1 amide bonds. The average Bonchev–Trinajstić information content (AvgIpc) is 2.28. The van der Waals surface area contributed by atoms with Gasteiger partial charge in [0.2, 0.25) is 15.9 Å². The molecule has 0 atom stereocenters. The van der Waals surface area contributed by atoms with Gasteiger partial charge in [-0.05, 0) is 18.2 Å². The zero-order chi connectivity index (χ0) is 13.8. The third-order valence-electron chi connectivity index (χ3n) is 2.14. The number of methoxy groups -OCH3 is 1. The van der Waals surface area contributed by atoms with Crippen molar-refractivity contribution in [3.63, 3.8) is 0 Å². The molecular formula is C10H15N3O4S. The molecule has 0 radical (unpaired) electrons. The van der Waals surface area contributed by atoms with Crippen molar-refractivity contribution >= 4 is 21.6 Å². The topological polar surface area (TPSA) is 125 Å². The molecule has 0 fully saturated rings. The molecule has 0 aliphatic carbocycles. The fraction of sp³-hybridized carbons (Fsp3) is 0.300. The van der Waals surface area contributed by atoms with Crippen molar-refractivity contribution in [2.45, 2.75) is 11.3 Å². The lowest BCUT2D eigenvalue weighted by Crippen LogP contribution is -2.28. The second-order valence-electron chi connectivity index (χ2n) is 3.52. The number of amides is 1. The van der Waals surface area contributed by atoms with Crippen molar-refractivity contribution in [2.24, 2.45) is 5.73 Å². The molecule has 1 rings (SSSR count). The minimum absolute atomic E-state index is 0.0738. The van der Waals surface area contributed by atoms with Crippen LogP contribution in [0.4, 0.5) is 5.69 Å². The van der Waals surface area contributed by atoms with Crippen LogP contribution >= 0.6 is 0 Å². The van der Waals surface area contributed by atoms with Crippen molar-refractivity contribution < 1.29 is 17.9 Å². The fourth-order valence-corrected chi connectivity index (χ4v) is 2.52. The summed E-state index contributed by atoms with van der Waals surface area (Å²) in [6, 6.07) is 4.27. The monoisotopic (exact) mass is 273 g/mol. The number of hydrogen-bond acceptors (Lipinski definition) is 5. The normalized spacial score (nSPS) is 11.2. The van der Waals surface area contributed by atoms with E-state index in [-0.39, 0.29) is 23.6 Å². The van der Waals surface area contributed by atoms with Gasteiger partial charge in [-0.15, -0.1) is 0 Å². The largest absolute Gasteiger partial charge is 0.495 e. The standard InChI is InChI=1S/C10H15N3O4S/c1-17-8-3-2-7(11)6-9(8)18(15,16)13-5-4-10(12)14/h2-3,6,13H,4-5,11H2,1H3,(H2,12,14). The molecule has 0 saturated heterocycles. The van der Waals surface area contributed by atoms with Crippen LogP contribution in [0.3, 0.4) is 0 Å². The van der Waals surface area contributed by atoms with Crippen molar-refractivity contribution in [3.8, 4) is 5.75 Å². The molecule has 18 heavy (non-hydrogen) atoms. The number of ether oxygens (including phenoxy) is 1. The number of anilines is 1. The van der Waals surface area contributed by atoms with Crippen molar-refractivity contribution in [1.82, 2.24) is 4.72 Å². The SMILES string of the molecule is COc1ccc(N)cc1S(=O)(=O)NCCC(N)=O. The second-order valence-corrected chi connectivity index (χ2v) is 5.26. The number of nitrogen functional groups attached to an aromatic ring is 1. The van der Waals surface area contributed by atoms with Crippen molar-refractivity contribution in [1.29, 1.82) is 0 Å². The summed E-state index contributed by atoms with van der Waals surface area (Å²) in [5.41, 5.74) is 10.8. The van der Waals surface area contributed by atoms with E-state index < -0.39 is 15.9 Å². The molecule has 0 unspecified atom stereocenters. The third-order valence-corrected chi connectivity index (χ3v) is 3.62. The van der Waals surface area contributed by atoms with Gasteiger partial charge in [0.05, 0.1) is 7.11 Å². The van der Waals surface area contributed by atoms with Gasteiger partial charge in [0.15, 0.2) is 0 Å². The predicted octanol–water partition coefficient (Wildman–Crippen LogP) is -0.569. The van der Waals surface area contributed by atoms with Crippen LogP contribution < -0.4 is 20.9 Å². The quantitative estimate of drug-likeness (QED) is 0.599. The minimum atomic E-state index is -3.78. The lowest BCUT2D eigenvalue weighted by molar-refractivity contribution is -0.117. The minimum Gasteiger partial charge on any atom is -0.495 e. The summed E-state index contributed by atoms with van der Waals surface area (Å²) in [4.78, 5) is 10.5. The zero-order valence-electron chi connectivity index (χ0n) is 9.84. The average molecular weight is 273 g/mol. The van der Waals surface area contributed by atoms with Crippen LogP contribution in [0, 0.1) is 0 Å². The van der Waals surface area contributed by atoms with Gasteiger partial charge in [0.25, 0.3) is 0 Å². The summed E-state index contributed by atoms with van der Waals surface area (Å²) >= 11 is 0. The molecule has 5 N–H and O–H groups in total. The van der Waals surface area contributed by atoms with Crippen LogP contribution in [-0.4, -0.2) is 28.0 Å². The van der Waals surface area contributed by atoms with Crippen LogP contribution in [0.1, 0.15) is 6.42 Å². The Kier molecular flexibility index (Phi) is 4.51. The number of sulfonamides is 1. The number of primary amides is 1. The highest BCUT2D eigenvalue weighted by molar-refractivity contribution is 7.89. The summed E-state index contributed by atoms with van der Waals surface area (Å²) in [7, 11) is -2.43. The molecule has 8 heteroatoms. The van der Waals surface area contributed by atoms with Gasteiger partial charge in [-0.1, -0.05) is 0 Å². The lowest BCUT2D eigenvalue weighted by Gasteiger charge is -2.10. The van der Waals surface area contributed by atoms with Gasteiger partial charge >= 0.3 is 0 Å². The molecule has 0 aliphatic heterocycles. The Morgan fingerprint density at radius 1 is 1.44 bits per heavy atom. The van der Waals surface area contributed by atoms with E-state index in [2.05, 4.69) is 4.72 Å². The Morgan fingerprint density at radius 3 is 2.67 bits per heavy atom. The van der Waals surface area contributed by atoms with Gasteiger partial charge in [-0.3, -0.25) is 4.79 Å². The number of hydrogen-bond donors (Lipinski definition) is 3. The molecule has 0 aromatic heterocycles. The van der Waals surface area contributed by atoms with Crippen LogP contribution in [0.15, 0.2) is 23.1 Å². The molecule has 100 valence electrons. The third kappa shape index (κ3) is 3.60. The number of benzene rings is 1. The predicted molar refractivity (Wildman–Crippen MR) is 66.4 cm³/mol. The van der Waals surface area contributed by atoms with Gasteiger partial charge < -0.3 is 16.2 Å². The van der Waals surface area contributed by atoms with Gasteiger partial charge in [0.1, 0.15) is 10.6 Å². The molecule has 0 spiro atoms. The maximum absolute atomic E-state index is 11.9. The van der Waals surface area contributed by atoms with E-state index in [4.69, 9.17) is 16.2 Å². The van der Waals surface area contributed by atoms with E-state index in [0.29, 0.717) is 5.69 Å². The number of nitrogens with one attached hydrogen (secondary N) is 1. The van der Waals surface area contributed by atoms with Crippen LogP contribution in [0.2, 0.25) is 0 Å². The number of carbonyl (C=O) groups excluding carboxylic acids is 1. The van der Waals surface area contributed by atoms with Crippen LogP contribution in [-0.2, 0) is 14.8 Å². The Balaban J connectivity index is 2.97. The Labute approximate surface area is 105 Å². The molecule has 0 heterocycles. The van der Waals surface area contributed by atoms with E-state index in [1.807, 2.05) is 0 Å². The number of rotatable bonds is 6. The first-order valence-corrected chi connectivity index (χ1v) is 6.56. The van der Waals surface area contributed by atoms with E-state index in [1.54, 1.807) is 0 Å². The van der Waals surface area contributed by atoms with Crippen LogP contribution in [0.25, 0.3) is 0 Å². The highest BCUT2D eigenvalue weighted by atomic mass is 32.2. The molecule has 1 aromatic carbocycles. The van der Waals surface area contributed by atoms with Crippen LogP contribution in [0.5, 0.6) is 5.75 Å². The molecule has 7 nitrogen and oxygen atoms in total. The van der Waals surface area contributed by atoms with E-state index in [9.17, 15) is 13.2 Å². The fourth-order valence-electron chi connectivity index (χ4n) is 1.29. The first kappa shape index (κ1) is 14.3. The van der Waals surface area contributed by atoms with Gasteiger partial charge in [-0.2, -0.15) is 0 Å². The Morgan fingerprint density at radius 2 is 2.11 bits per heavy atom. The smallest absolute Gasteiger partial charge is 0.244 e. The highest BCUT2D eigenvalue weighted by Crippen LogP contribution is 2.25. The summed E-state index contributed by atoms with van der Waals surface area (Å²) in [6.45, 7) is -0.0738. The Hall–Kier alpha value is -1.80. The van der Waals surface area contributed by atoms with E-state index >= 15 is 0 Å². The number of carbonyl (C=O) groups is 1. The van der Waals surface area contributed by atoms with Crippen molar-refractivity contribution in [3.05, 3.63) is 18.2 Å². The first-order chi connectivity index (χ1) is 8.36. The second kappa shape index (κ2) is 5.69.